The van der Waals surface area contributed by atoms with Crippen LogP contribution in [0, 0.1) is 0 Å². The van der Waals surface area contributed by atoms with E-state index >= 15 is 0 Å². The lowest BCUT2D eigenvalue weighted by molar-refractivity contribution is 0.211. The number of likely N-dealkylation sites (tertiary alicyclic amines) is 1. The Morgan fingerprint density at radius 2 is 2.22 bits per heavy atom. The maximum absolute atomic E-state index is 5.95. The molecule has 1 aliphatic heterocycles. The molecule has 2 N–H and O–H groups in total. The van der Waals surface area contributed by atoms with Crippen molar-refractivity contribution in [1.29, 1.82) is 0 Å². The Labute approximate surface area is 122 Å². The third-order valence-electron chi connectivity index (χ3n) is 3.67. The van der Waals surface area contributed by atoms with E-state index in [0.29, 0.717) is 12.6 Å². The standard InChI is InChI=1S/C13H22BrN3S/c1-16(7-8-17-5-2-3-6-17)12(10-15)13-11(14)4-9-18-13/h4,9,12H,2-3,5-8,10,15H2,1H3. The van der Waals surface area contributed by atoms with Crippen LogP contribution < -0.4 is 5.73 Å². The highest BCUT2D eigenvalue weighted by molar-refractivity contribution is 9.10. The monoisotopic (exact) mass is 331 g/mol. The van der Waals surface area contributed by atoms with Crippen molar-refractivity contribution in [2.75, 3.05) is 39.8 Å². The minimum atomic E-state index is 0.335. The molecule has 0 saturated carbocycles. The van der Waals surface area contributed by atoms with E-state index in [1.165, 1.54) is 35.3 Å². The van der Waals surface area contributed by atoms with Gasteiger partial charge in [0.1, 0.15) is 0 Å². The van der Waals surface area contributed by atoms with Gasteiger partial charge in [-0.05, 0) is 60.4 Å². The Bertz CT molecular complexity index is 363. The highest BCUT2D eigenvalue weighted by Crippen LogP contribution is 2.31. The highest BCUT2D eigenvalue weighted by Gasteiger charge is 2.20. The average Bonchev–Trinajstić information content (AvgIpc) is 3.00. The fraction of sp³-hybridized carbons (Fsp3) is 0.692. The third kappa shape index (κ3) is 3.54. The number of hydrogen-bond acceptors (Lipinski definition) is 4. The van der Waals surface area contributed by atoms with Gasteiger partial charge in [-0.25, -0.2) is 0 Å². The summed E-state index contributed by atoms with van der Waals surface area (Å²) in [5.74, 6) is 0. The van der Waals surface area contributed by atoms with Gasteiger partial charge in [-0.3, -0.25) is 4.90 Å². The first-order valence-corrected chi connectivity index (χ1v) is 8.25. The van der Waals surface area contributed by atoms with Crippen LogP contribution in [0.4, 0.5) is 0 Å². The molecule has 1 fully saturated rings. The maximum atomic E-state index is 5.95. The van der Waals surface area contributed by atoms with E-state index in [1.54, 1.807) is 11.3 Å². The van der Waals surface area contributed by atoms with E-state index in [4.69, 9.17) is 5.73 Å². The molecule has 5 heteroatoms. The number of nitrogens with zero attached hydrogens (tertiary/aromatic N) is 2. The van der Waals surface area contributed by atoms with Gasteiger partial charge in [-0.1, -0.05) is 0 Å². The molecule has 3 nitrogen and oxygen atoms in total. The normalized spacial score (nSPS) is 18.7. The van der Waals surface area contributed by atoms with Gasteiger partial charge in [-0.2, -0.15) is 0 Å². The molecule has 1 unspecified atom stereocenters. The molecule has 0 aromatic carbocycles. The zero-order valence-electron chi connectivity index (χ0n) is 10.9. The maximum Gasteiger partial charge on any atom is 0.0573 e. The van der Waals surface area contributed by atoms with Crippen LogP contribution in [-0.2, 0) is 0 Å². The number of nitrogens with two attached hydrogens (primary N) is 1. The van der Waals surface area contributed by atoms with Gasteiger partial charge in [0, 0.05) is 29.0 Å². The van der Waals surface area contributed by atoms with Gasteiger partial charge in [0.25, 0.3) is 0 Å². The van der Waals surface area contributed by atoms with Crippen LogP contribution in [0.5, 0.6) is 0 Å². The lowest BCUT2D eigenvalue weighted by atomic mass is 10.2. The Balaban J connectivity index is 1.89. The second kappa shape index (κ2) is 7.01. The lowest BCUT2D eigenvalue weighted by Crippen LogP contribution is -2.36. The molecule has 18 heavy (non-hydrogen) atoms. The molecule has 1 saturated heterocycles. The van der Waals surface area contributed by atoms with Gasteiger partial charge in [0.2, 0.25) is 0 Å². The predicted molar refractivity (Wildman–Crippen MR) is 82.1 cm³/mol. The average molecular weight is 332 g/mol. The quantitative estimate of drug-likeness (QED) is 0.869. The topological polar surface area (TPSA) is 32.5 Å². The van der Waals surface area contributed by atoms with Gasteiger partial charge in [-0.15, -0.1) is 11.3 Å². The molecule has 0 bridgehead atoms. The molecule has 0 spiro atoms. The Hall–Kier alpha value is 0.0600. The molecule has 102 valence electrons. The van der Waals surface area contributed by atoms with Crippen molar-refractivity contribution >= 4 is 27.3 Å². The molecule has 0 radical (unpaired) electrons. The van der Waals surface area contributed by atoms with E-state index in [1.807, 2.05) is 0 Å². The zero-order chi connectivity index (χ0) is 13.0. The summed E-state index contributed by atoms with van der Waals surface area (Å²) in [5, 5.41) is 2.12. The Morgan fingerprint density at radius 3 is 2.78 bits per heavy atom. The van der Waals surface area contributed by atoms with Gasteiger partial charge in [0.05, 0.1) is 6.04 Å². The van der Waals surface area contributed by atoms with Crippen molar-refractivity contribution in [2.45, 2.75) is 18.9 Å². The van der Waals surface area contributed by atoms with Crippen LogP contribution in [0.2, 0.25) is 0 Å². The molecule has 1 aliphatic rings. The molecular weight excluding hydrogens is 310 g/mol. The number of rotatable bonds is 6. The molecular formula is C13H22BrN3S. The molecule has 1 atom stereocenters. The smallest absolute Gasteiger partial charge is 0.0573 e. The Kier molecular flexibility index (Phi) is 5.63. The van der Waals surface area contributed by atoms with Crippen molar-refractivity contribution in [1.82, 2.24) is 9.80 Å². The van der Waals surface area contributed by atoms with Crippen LogP contribution in [0.3, 0.4) is 0 Å². The van der Waals surface area contributed by atoms with Gasteiger partial charge < -0.3 is 10.6 Å². The summed E-state index contributed by atoms with van der Waals surface area (Å²) in [6.07, 6.45) is 2.72. The SMILES string of the molecule is CN(CCN1CCCC1)C(CN)c1sccc1Br. The lowest BCUT2D eigenvalue weighted by Gasteiger charge is -2.28. The summed E-state index contributed by atoms with van der Waals surface area (Å²) in [6, 6.07) is 2.44. The van der Waals surface area contributed by atoms with Crippen LogP contribution >= 0.6 is 27.3 Å². The molecule has 2 rings (SSSR count). The summed E-state index contributed by atoms with van der Waals surface area (Å²) in [5.41, 5.74) is 5.95. The van der Waals surface area contributed by atoms with E-state index in [9.17, 15) is 0 Å². The number of thiophene rings is 1. The minimum Gasteiger partial charge on any atom is -0.329 e. The fourth-order valence-corrected chi connectivity index (χ4v) is 4.31. The summed E-state index contributed by atoms with van der Waals surface area (Å²) < 4.78 is 1.19. The first-order valence-electron chi connectivity index (χ1n) is 6.58. The second-order valence-electron chi connectivity index (χ2n) is 4.91. The van der Waals surface area contributed by atoms with Gasteiger partial charge >= 0.3 is 0 Å². The fourth-order valence-electron chi connectivity index (χ4n) is 2.49. The van der Waals surface area contributed by atoms with E-state index in [2.05, 4.69) is 44.2 Å². The number of likely N-dealkylation sites (N-methyl/N-ethyl adjacent to an activating group) is 1. The van der Waals surface area contributed by atoms with Gasteiger partial charge in [0.15, 0.2) is 0 Å². The number of halogens is 1. The summed E-state index contributed by atoms with van der Waals surface area (Å²) in [7, 11) is 2.18. The molecule has 1 aromatic rings. The third-order valence-corrected chi connectivity index (χ3v) is 5.64. The molecule has 0 aliphatic carbocycles. The van der Waals surface area contributed by atoms with Crippen LogP contribution in [-0.4, -0.2) is 49.6 Å². The van der Waals surface area contributed by atoms with E-state index < -0.39 is 0 Å². The zero-order valence-corrected chi connectivity index (χ0v) is 13.3. The van der Waals surface area contributed by atoms with Crippen molar-refractivity contribution in [3.05, 3.63) is 20.8 Å². The van der Waals surface area contributed by atoms with Crippen LogP contribution in [0.1, 0.15) is 23.8 Å². The van der Waals surface area contributed by atoms with Crippen LogP contribution in [0.15, 0.2) is 15.9 Å². The van der Waals surface area contributed by atoms with E-state index in [0.717, 1.165) is 13.1 Å². The minimum absolute atomic E-state index is 0.335. The highest BCUT2D eigenvalue weighted by atomic mass is 79.9. The molecule has 0 amide bonds. The molecule has 1 aromatic heterocycles. The first-order chi connectivity index (χ1) is 8.72. The van der Waals surface area contributed by atoms with Crippen molar-refractivity contribution in [2.24, 2.45) is 5.73 Å². The summed E-state index contributed by atoms with van der Waals surface area (Å²) >= 11 is 5.40. The van der Waals surface area contributed by atoms with Crippen LogP contribution in [0.25, 0.3) is 0 Å². The van der Waals surface area contributed by atoms with Crippen molar-refractivity contribution in [3.63, 3.8) is 0 Å². The summed E-state index contributed by atoms with van der Waals surface area (Å²) in [4.78, 5) is 6.28. The van der Waals surface area contributed by atoms with Crippen molar-refractivity contribution < 1.29 is 0 Å². The summed E-state index contributed by atoms with van der Waals surface area (Å²) in [6.45, 7) is 5.46. The van der Waals surface area contributed by atoms with Crippen molar-refractivity contribution in [3.8, 4) is 0 Å². The number of hydrogen-bond donors (Lipinski definition) is 1. The molecule has 2 heterocycles. The first kappa shape index (κ1) is 14.5. The van der Waals surface area contributed by atoms with E-state index in [-0.39, 0.29) is 0 Å². The largest absolute Gasteiger partial charge is 0.329 e. The predicted octanol–water partition coefficient (Wildman–Crippen LogP) is 2.54. The second-order valence-corrected chi connectivity index (χ2v) is 6.72. The Morgan fingerprint density at radius 1 is 1.50 bits per heavy atom.